The zero-order chi connectivity index (χ0) is 16.4. The van der Waals surface area contributed by atoms with Crippen molar-refractivity contribution < 1.29 is 5.11 Å². The highest BCUT2D eigenvalue weighted by Gasteiger charge is 2.24. The largest absolute Gasteiger partial charge is 0.393 e. The Labute approximate surface area is 143 Å². The van der Waals surface area contributed by atoms with Crippen molar-refractivity contribution in [2.45, 2.75) is 57.1 Å². The summed E-state index contributed by atoms with van der Waals surface area (Å²) in [5.41, 5.74) is 2.08. The highest BCUT2D eigenvalue weighted by molar-refractivity contribution is 9.10. The predicted molar refractivity (Wildman–Crippen MR) is 91.2 cm³/mol. The van der Waals surface area contributed by atoms with Gasteiger partial charge in [-0.3, -0.25) is 0 Å². The van der Waals surface area contributed by atoms with Gasteiger partial charge in [0, 0.05) is 22.1 Å². The first-order valence-electron chi connectivity index (χ1n) is 7.94. The summed E-state index contributed by atoms with van der Waals surface area (Å²) in [6, 6.07) is 4.25. The number of aromatic nitrogens is 3. The zero-order valence-electron chi connectivity index (χ0n) is 13.0. The van der Waals surface area contributed by atoms with Gasteiger partial charge in [0.15, 0.2) is 0 Å². The number of aliphatic hydroxyl groups is 1. The molecule has 122 valence electrons. The Hall–Kier alpha value is -1.65. The van der Waals surface area contributed by atoms with Gasteiger partial charge in [0.2, 0.25) is 5.95 Å². The molecule has 6 nitrogen and oxygen atoms in total. The molecular formula is C16H20BrN5O. The molecule has 1 saturated carbocycles. The van der Waals surface area contributed by atoms with Crippen molar-refractivity contribution in [3.05, 3.63) is 22.4 Å². The van der Waals surface area contributed by atoms with Gasteiger partial charge in [0.1, 0.15) is 0 Å². The molecule has 0 aromatic carbocycles. The summed E-state index contributed by atoms with van der Waals surface area (Å²) in [6.45, 7) is 1.94. The van der Waals surface area contributed by atoms with E-state index in [9.17, 15) is 5.11 Å². The average Bonchev–Trinajstić information content (AvgIpc) is 2.85. The molecule has 1 aliphatic carbocycles. The third kappa shape index (κ3) is 3.48. The maximum absolute atomic E-state index is 9.71. The summed E-state index contributed by atoms with van der Waals surface area (Å²) >= 11 is 3.58. The van der Waals surface area contributed by atoms with Crippen LogP contribution in [0.15, 0.2) is 16.7 Å². The SMILES string of the molecule is C[C@@H](CC#N)Nc1ncc2c(Br)cc([C@H]3CC[C@H](O)CC3)n2n1. The van der Waals surface area contributed by atoms with Crippen LogP contribution in [-0.2, 0) is 0 Å². The van der Waals surface area contributed by atoms with Crippen LogP contribution in [0, 0.1) is 11.3 Å². The number of aliphatic hydroxyl groups excluding tert-OH is 1. The molecule has 0 aliphatic heterocycles. The third-order valence-corrected chi connectivity index (χ3v) is 5.02. The van der Waals surface area contributed by atoms with Crippen molar-refractivity contribution in [2.24, 2.45) is 0 Å². The summed E-state index contributed by atoms with van der Waals surface area (Å²) in [5.74, 6) is 0.928. The minimum atomic E-state index is -0.167. The van der Waals surface area contributed by atoms with Gasteiger partial charge in [0.25, 0.3) is 0 Å². The molecule has 1 aliphatic rings. The molecule has 0 saturated heterocycles. The zero-order valence-corrected chi connectivity index (χ0v) is 14.6. The number of nitrogens with one attached hydrogen (secondary N) is 1. The molecule has 0 spiro atoms. The fourth-order valence-corrected chi connectivity index (χ4v) is 3.62. The van der Waals surface area contributed by atoms with Crippen LogP contribution in [-0.4, -0.2) is 31.9 Å². The fourth-order valence-electron chi connectivity index (χ4n) is 3.11. The number of nitrogens with zero attached hydrogens (tertiary/aromatic N) is 4. The van der Waals surface area contributed by atoms with Gasteiger partial charge in [-0.05, 0) is 54.6 Å². The summed E-state index contributed by atoms with van der Waals surface area (Å²) in [4.78, 5) is 4.34. The van der Waals surface area contributed by atoms with E-state index in [1.54, 1.807) is 6.20 Å². The maximum atomic E-state index is 9.71. The third-order valence-electron chi connectivity index (χ3n) is 4.38. The van der Waals surface area contributed by atoms with Crippen LogP contribution >= 0.6 is 15.9 Å². The molecule has 7 heteroatoms. The summed E-state index contributed by atoms with van der Waals surface area (Å²) in [5, 5.41) is 26.2. The monoisotopic (exact) mass is 377 g/mol. The van der Waals surface area contributed by atoms with Crippen LogP contribution in [0.1, 0.15) is 50.6 Å². The maximum Gasteiger partial charge on any atom is 0.241 e. The lowest BCUT2D eigenvalue weighted by Crippen LogP contribution is -2.20. The Bertz CT molecular complexity index is 730. The lowest BCUT2D eigenvalue weighted by atomic mass is 9.85. The molecule has 1 atom stereocenters. The van der Waals surface area contributed by atoms with Crippen molar-refractivity contribution >= 4 is 27.4 Å². The van der Waals surface area contributed by atoms with Crippen molar-refractivity contribution in [3.8, 4) is 6.07 Å². The van der Waals surface area contributed by atoms with E-state index in [-0.39, 0.29) is 12.1 Å². The Kier molecular flexibility index (Phi) is 4.83. The van der Waals surface area contributed by atoms with E-state index < -0.39 is 0 Å². The molecule has 0 radical (unpaired) electrons. The second-order valence-corrected chi connectivity index (χ2v) is 7.06. The summed E-state index contributed by atoms with van der Waals surface area (Å²) < 4.78 is 2.91. The normalized spacial score (nSPS) is 22.7. The van der Waals surface area contributed by atoms with Gasteiger partial charge in [-0.15, -0.1) is 5.10 Å². The van der Waals surface area contributed by atoms with Crippen LogP contribution in [0.2, 0.25) is 0 Å². The Morgan fingerprint density at radius 3 is 2.91 bits per heavy atom. The van der Waals surface area contributed by atoms with Crippen molar-refractivity contribution in [1.82, 2.24) is 14.6 Å². The second-order valence-electron chi connectivity index (χ2n) is 6.21. The molecule has 1 fully saturated rings. The van der Waals surface area contributed by atoms with Crippen molar-refractivity contribution in [2.75, 3.05) is 5.32 Å². The molecule has 0 bridgehead atoms. The van der Waals surface area contributed by atoms with Crippen LogP contribution in [0.4, 0.5) is 5.95 Å². The quantitative estimate of drug-likeness (QED) is 0.853. The van der Waals surface area contributed by atoms with Crippen LogP contribution in [0.5, 0.6) is 0 Å². The fraction of sp³-hybridized carbons (Fsp3) is 0.562. The van der Waals surface area contributed by atoms with E-state index in [0.717, 1.165) is 41.4 Å². The molecule has 2 aromatic rings. The summed E-state index contributed by atoms with van der Waals surface area (Å²) in [7, 11) is 0. The lowest BCUT2D eigenvalue weighted by Gasteiger charge is -2.25. The number of hydrogen-bond acceptors (Lipinski definition) is 5. The standard InChI is InChI=1S/C16H20BrN5O/c1-10(6-7-18)20-16-19-9-15-13(17)8-14(22(15)21-16)11-2-4-12(23)5-3-11/h8-12,23H,2-6H2,1H3,(H,20,21)/t10-,11-,12-/m0/s1. The first-order chi connectivity index (χ1) is 11.1. The van der Waals surface area contributed by atoms with Crippen LogP contribution < -0.4 is 5.32 Å². The molecule has 3 rings (SSSR count). The minimum absolute atomic E-state index is 0.00438. The van der Waals surface area contributed by atoms with E-state index in [1.165, 1.54) is 0 Å². The van der Waals surface area contributed by atoms with Gasteiger partial charge in [-0.25, -0.2) is 9.50 Å². The molecule has 2 aromatic heterocycles. The highest BCUT2D eigenvalue weighted by atomic mass is 79.9. The van der Waals surface area contributed by atoms with E-state index in [4.69, 9.17) is 5.26 Å². The molecule has 0 unspecified atom stereocenters. The number of fused-ring (bicyclic) bond motifs is 1. The Morgan fingerprint density at radius 1 is 1.48 bits per heavy atom. The average molecular weight is 378 g/mol. The van der Waals surface area contributed by atoms with E-state index in [0.29, 0.717) is 18.3 Å². The van der Waals surface area contributed by atoms with Gasteiger partial charge in [-0.2, -0.15) is 5.26 Å². The number of anilines is 1. The topological polar surface area (TPSA) is 86.2 Å². The summed E-state index contributed by atoms with van der Waals surface area (Å²) in [6.07, 6.45) is 5.65. The van der Waals surface area contributed by atoms with Crippen molar-refractivity contribution in [1.29, 1.82) is 5.26 Å². The lowest BCUT2D eigenvalue weighted by molar-refractivity contribution is 0.121. The Balaban J connectivity index is 1.90. The Morgan fingerprint density at radius 2 is 2.22 bits per heavy atom. The molecule has 2 heterocycles. The van der Waals surface area contributed by atoms with E-state index >= 15 is 0 Å². The number of hydrogen-bond donors (Lipinski definition) is 2. The molecule has 0 amide bonds. The minimum Gasteiger partial charge on any atom is -0.393 e. The molecule has 23 heavy (non-hydrogen) atoms. The molecular weight excluding hydrogens is 358 g/mol. The number of halogens is 1. The van der Waals surface area contributed by atoms with E-state index in [2.05, 4.69) is 43.5 Å². The first-order valence-corrected chi connectivity index (χ1v) is 8.73. The van der Waals surface area contributed by atoms with E-state index in [1.807, 2.05) is 11.4 Å². The molecule has 2 N–H and O–H groups in total. The van der Waals surface area contributed by atoms with Gasteiger partial charge < -0.3 is 10.4 Å². The number of rotatable bonds is 4. The van der Waals surface area contributed by atoms with Crippen LogP contribution in [0.3, 0.4) is 0 Å². The predicted octanol–water partition coefficient (Wildman–Crippen LogP) is 3.22. The second kappa shape index (κ2) is 6.85. The van der Waals surface area contributed by atoms with Gasteiger partial charge >= 0.3 is 0 Å². The van der Waals surface area contributed by atoms with Crippen molar-refractivity contribution in [3.63, 3.8) is 0 Å². The number of nitriles is 1. The first kappa shape index (κ1) is 16.2. The highest BCUT2D eigenvalue weighted by Crippen LogP contribution is 2.36. The van der Waals surface area contributed by atoms with Crippen LogP contribution in [0.25, 0.3) is 5.52 Å². The van der Waals surface area contributed by atoms with Gasteiger partial charge in [0.05, 0.1) is 30.3 Å². The smallest absolute Gasteiger partial charge is 0.241 e. The van der Waals surface area contributed by atoms with Gasteiger partial charge in [-0.1, -0.05) is 0 Å².